The largest absolute Gasteiger partial charge is 0.381 e. The molecule has 0 aromatic heterocycles. The summed E-state index contributed by atoms with van der Waals surface area (Å²) < 4.78 is 6.20. The average molecular weight is 306 g/mol. The average Bonchev–Trinajstić information content (AvgIpc) is 2.16. The standard InChI is InChI=1S/C10H11IOS/c1-12-8-7-10(11)13-9-5-3-2-4-6-9/h2-7H,8H2,1H3/b10-7-. The zero-order chi connectivity index (χ0) is 9.52. The molecule has 0 fully saturated rings. The van der Waals surface area contributed by atoms with Crippen molar-refractivity contribution in [1.82, 2.24) is 0 Å². The van der Waals surface area contributed by atoms with Gasteiger partial charge in [0, 0.05) is 14.9 Å². The molecule has 1 aromatic rings. The summed E-state index contributed by atoms with van der Waals surface area (Å²) in [4.78, 5) is 1.26. The molecule has 0 aliphatic carbocycles. The first-order valence-corrected chi connectivity index (χ1v) is 5.80. The lowest BCUT2D eigenvalue weighted by Crippen LogP contribution is -1.80. The zero-order valence-electron chi connectivity index (χ0n) is 7.37. The van der Waals surface area contributed by atoms with Crippen LogP contribution in [0.3, 0.4) is 0 Å². The van der Waals surface area contributed by atoms with Crippen LogP contribution in [0.1, 0.15) is 0 Å². The van der Waals surface area contributed by atoms with Gasteiger partial charge in [-0.15, -0.1) is 0 Å². The maximum absolute atomic E-state index is 4.96. The van der Waals surface area contributed by atoms with Gasteiger partial charge in [-0.25, -0.2) is 0 Å². The Hall–Kier alpha value is -0.000000000000000111. The second-order valence-electron chi connectivity index (χ2n) is 2.38. The minimum Gasteiger partial charge on any atom is -0.381 e. The van der Waals surface area contributed by atoms with E-state index in [1.54, 1.807) is 18.9 Å². The first kappa shape index (κ1) is 11.1. The van der Waals surface area contributed by atoms with Crippen LogP contribution in [0.15, 0.2) is 44.2 Å². The predicted octanol–water partition coefficient (Wildman–Crippen LogP) is 3.70. The van der Waals surface area contributed by atoms with E-state index < -0.39 is 0 Å². The van der Waals surface area contributed by atoms with Crippen molar-refractivity contribution in [1.29, 1.82) is 0 Å². The quantitative estimate of drug-likeness (QED) is 0.619. The van der Waals surface area contributed by atoms with Gasteiger partial charge < -0.3 is 4.74 Å². The van der Waals surface area contributed by atoms with E-state index in [0.717, 1.165) is 0 Å². The monoisotopic (exact) mass is 306 g/mol. The number of benzene rings is 1. The van der Waals surface area contributed by atoms with Gasteiger partial charge in [0.2, 0.25) is 0 Å². The van der Waals surface area contributed by atoms with Crippen LogP contribution < -0.4 is 0 Å². The highest BCUT2D eigenvalue weighted by atomic mass is 127. The molecule has 13 heavy (non-hydrogen) atoms. The molecule has 0 heterocycles. The fraction of sp³-hybridized carbons (Fsp3) is 0.200. The topological polar surface area (TPSA) is 9.23 Å². The van der Waals surface area contributed by atoms with Gasteiger partial charge in [0.15, 0.2) is 0 Å². The molecule has 0 saturated carbocycles. The van der Waals surface area contributed by atoms with Crippen LogP contribution in [0.5, 0.6) is 0 Å². The lowest BCUT2D eigenvalue weighted by Gasteiger charge is -1.98. The van der Waals surface area contributed by atoms with Gasteiger partial charge in [0.25, 0.3) is 0 Å². The van der Waals surface area contributed by atoms with Crippen LogP contribution in [0.2, 0.25) is 0 Å². The van der Waals surface area contributed by atoms with Gasteiger partial charge in [-0.3, -0.25) is 0 Å². The maximum Gasteiger partial charge on any atom is 0.0661 e. The lowest BCUT2D eigenvalue weighted by molar-refractivity contribution is 0.234. The molecule has 0 bridgehead atoms. The van der Waals surface area contributed by atoms with Gasteiger partial charge in [0.05, 0.1) is 6.61 Å². The summed E-state index contributed by atoms with van der Waals surface area (Å²) in [6.07, 6.45) is 2.07. The van der Waals surface area contributed by atoms with E-state index in [4.69, 9.17) is 4.74 Å². The summed E-state index contributed by atoms with van der Waals surface area (Å²) >= 11 is 4.06. The van der Waals surface area contributed by atoms with Crippen molar-refractivity contribution in [3.05, 3.63) is 39.3 Å². The zero-order valence-corrected chi connectivity index (χ0v) is 10.3. The third-order valence-electron chi connectivity index (χ3n) is 1.37. The molecular weight excluding hydrogens is 295 g/mol. The van der Waals surface area contributed by atoms with Crippen LogP contribution in [0.25, 0.3) is 0 Å². The number of methoxy groups -OCH3 is 1. The molecule has 0 atom stereocenters. The highest BCUT2D eigenvalue weighted by molar-refractivity contribution is 14.1. The molecule has 0 spiro atoms. The van der Waals surface area contributed by atoms with E-state index in [1.165, 1.54) is 7.81 Å². The van der Waals surface area contributed by atoms with E-state index in [9.17, 15) is 0 Å². The molecule has 0 saturated heterocycles. The van der Waals surface area contributed by atoms with E-state index in [1.807, 2.05) is 18.2 Å². The number of hydrogen-bond acceptors (Lipinski definition) is 2. The number of rotatable bonds is 4. The Morgan fingerprint density at radius 2 is 2.15 bits per heavy atom. The van der Waals surface area contributed by atoms with Crippen LogP contribution >= 0.6 is 34.4 Å². The van der Waals surface area contributed by atoms with Crippen molar-refractivity contribution < 1.29 is 4.74 Å². The molecule has 0 aliphatic rings. The van der Waals surface area contributed by atoms with E-state index in [2.05, 4.69) is 40.8 Å². The van der Waals surface area contributed by atoms with Crippen molar-refractivity contribution in [2.75, 3.05) is 13.7 Å². The predicted molar refractivity (Wildman–Crippen MR) is 66.3 cm³/mol. The van der Waals surface area contributed by atoms with Crippen LogP contribution in [0.4, 0.5) is 0 Å². The highest BCUT2D eigenvalue weighted by Crippen LogP contribution is 2.30. The lowest BCUT2D eigenvalue weighted by atomic mass is 10.4. The minimum absolute atomic E-state index is 0.679. The van der Waals surface area contributed by atoms with Crippen molar-refractivity contribution in [2.45, 2.75) is 4.90 Å². The van der Waals surface area contributed by atoms with E-state index >= 15 is 0 Å². The Morgan fingerprint density at radius 3 is 2.77 bits per heavy atom. The van der Waals surface area contributed by atoms with Crippen molar-refractivity contribution >= 4 is 34.4 Å². The van der Waals surface area contributed by atoms with Gasteiger partial charge in [0.1, 0.15) is 0 Å². The first-order chi connectivity index (χ1) is 6.33. The normalized spacial score (nSPS) is 11.7. The maximum atomic E-state index is 4.96. The fourth-order valence-corrected chi connectivity index (χ4v) is 2.40. The summed E-state index contributed by atoms with van der Waals surface area (Å²) in [7, 11) is 1.70. The van der Waals surface area contributed by atoms with Crippen molar-refractivity contribution in [3.63, 3.8) is 0 Å². The summed E-state index contributed by atoms with van der Waals surface area (Å²) in [5.74, 6) is 0. The molecule has 0 aliphatic heterocycles. The van der Waals surface area contributed by atoms with Gasteiger partial charge in [-0.05, 0) is 40.8 Å². The Labute approximate surface area is 96.7 Å². The van der Waals surface area contributed by atoms with Crippen LogP contribution in [0, 0.1) is 0 Å². The highest BCUT2D eigenvalue weighted by Gasteiger charge is 1.94. The molecular formula is C10H11IOS. The third kappa shape index (κ3) is 4.69. The summed E-state index contributed by atoms with van der Waals surface area (Å²) in [6.45, 7) is 0.679. The molecule has 1 aromatic carbocycles. The van der Waals surface area contributed by atoms with Gasteiger partial charge in [-0.2, -0.15) is 0 Å². The summed E-state index contributed by atoms with van der Waals surface area (Å²) in [5.41, 5.74) is 0. The Balaban J connectivity index is 2.50. The smallest absolute Gasteiger partial charge is 0.0661 e. The molecule has 70 valence electrons. The van der Waals surface area contributed by atoms with Crippen molar-refractivity contribution in [3.8, 4) is 0 Å². The van der Waals surface area contributed by atoms with Crippen molar-refractivity contribution in [2.24, 2.45) is 0 Å². The number of hydrogen-bond donors (Lipinski definition) is 0. The van der Waals surface area contributed by atoms with E-state index in [-0.39, 0.29) is 0 Å². The van der Waals surface area contributed by atoms with Crippen LogP contribution in [-0.2, 0) is 4.74 Å². The fourth-order valence-electron chi connectivity index (χ4n) is 0.792. The number of ether oxygens (including phenoxy) is 1. The molecule has 0 unspecified atom stereocenters. The van der Waals surface area contributed by atoms with Gasteiger partial charge in [-0.1, -0.05) is 30.0 Å². The Kier molecular flexibility index (Phi) is 5.50. The molecule has 0 radical (unpaired) electrons. The summed E-state index contributed by atoms with van der Waals surface area (Å²) in [6, 6.07) is 10.3. The molecule has 3 heteroatoms. The molecule has 0 amide bonds. The molecule has 1 rings (SSSR count). The first-order valence-electron chi connectivity index (χ1n) is 3.90. The third-order valence-corrected chi connectivity index (χ3v) is 3.34. The second kappa shape index (κ2) is 6.45. The summed E-state index contributed by atoms with van der Waals surface area (Å²) in [5, 5.41) is 0. The Morgan fingerprint density at radius 1 is 1.46 bits per heavy atom. The SMILES string of the molecule is COC/C=C(/I)Sc1ccccc1. The number of halogens is 1. The molecule has 0 N–H and O–H groups in total. The second-order valence-corrected chi connectivity index (χ2v) is 5.39. The van der Waals surface area contributed by atoms with Crippen LogP contribution in [-0.4, -0.2) is 13.7 Å². The molecule has 1 nitrogen and oxygen atoms in total. The van der Waals surface area contributed by atoms with Gasteiger partial charge >= 0.3 is 0 Å². The number of thioether (sulfide) groups is 1. The van der Waals surface area contributed by atoms with E-state index in [0.29, 0.717) is 6.61 Å². The minimum atomic E-state index is 0.679. The Bertz CT molecular complexity index is 272.